The van der Waals surface area contributed by atoms with E-state index in [9.17, 15) is 9.59 Å². The van der Waals surface area contributed by atoms with Crippen molar-refractivity contribution in [1.82, 2.24) is 19.7 Å². The molecule has 0 saturated heterocycles. The molecular formula is C21H28N4O3. The lowest BCUT2D eigenvalue weighted by Crippen LogP contribution is -2.32. The van der Waals surface area contributed by atoms with Crippen molar-refractivity contribution in [3.8, 4) is 17.1 Å². The van der Waals surface area contributed by atoms with Crippen LogP contribution < -0.4 is 15.7 Å². The predicted octanol–water partition coefficient (Wildman–Crippen LogP) is 2.75. The summed E-state index contributed by atoms with van der Waals surface area (Å²) in [5, 5.41) is 7.52. The molecule has 2 aromatic rings. The Morgan fingerprint density at radius 1 is 1.18 bits per heavy atom. The first kappa shape index (κ1) is 18.8. The van der Waals surface area contributed by atoms with E-state index in [0.29, 0.717) is 31.3 Å². The zero-order chi connectivity index (χ0) is 19.5. The van der Waals surface area contributed by atoms with Crippen LogP contribution in [0.15, 0.2) is 29.1 Å². The number of nitrogens with zero attached hydrogens (tertiary/aromatic N) is 3. The fourth-order valence-electron chi connectivity index (χ4n) is 4.01. The van der Waals surface area contributed by atoms with Gasteiger partial charge in [-0.05, 0) is 55.9 Å². The van der Waals surface area contributed by atoms with Crippen molar-refractivity contribution < 1.29 is 9.53 Å². The molecule has 2 aliphatic rings. The van der Waals surface area contributed by atoms with Gasteiger partial charge in [0.25, 0.3) is 0 Å². The molecule has 0 bridgehead atoms. The number of nitrogens with one attached hydrogen (secondary N) is 1. The van der Waals surface area contributed by atoms with Gasteiger partial charge in [0, 0.05) is 24.6 Å². The summed E-state index contributed by atoms with van der Waals surface area (Å²) in [4.78, 5) is 25.0. The third-order valence-corrected chi connectivity index (χ3v) is 5.73. The van der Waals surface area contributed by atoms with E-state index in [2.05, 4.69) is 10.4 Å². The zero-order valence-corrected chi connectivity index (χ0v) is 16.4. The number of carbonyl (C=O) groups excluding carboxylic acids is 1. The van der Waals surface area contributed by atoms with Gasteiger partial charge in [-0.25, -0.2) is 9.48 Å². The lowest BCUT2D eigenvalue weighted by Gasteiger charge is -2.09. The number of ether oxygens (including phenoxy) is 1. The summed E-state index contributed by atoms with van der Waals surface area (Å²) in [5.74, 6) is 2.07. The van der Waals surface area contributed by atoms with Crippen molar-refractivity contribution in [2.75, 3.05) is 13.7 Å². The van der Waals surface area contributed by atoms with Gasteiger partial charge in [-0.3, -0.25) is 9.36 Å². The van der Waals surface area contributed by atoms with E-state index in [4.69, 9.17) is 4.74 Å². The average molecular weight is 384 g/mol. The topological polar surface area (TPSA) is 78.2 Å². The fourth-order valence-corrected chi connectivity index (χ4v) is 4.01. The van der Waals surface area contributed by atoms with Gasteiger partial charge < -0.3 is 10.1 Å². The van der Waals surface area contributed by atoms with E-state index in [1.807, 2.05) is 24.3 Å². The Labute approximate surface area is 164 Å². The Bertz CT molecular complexity index is 874. The van der Waals surface area contributed by atoms with Crippen LogP contribution in [-0.4, -0.2) is 33.9 Å². The molecule has 1 aromatic heterocycles. The molecule has 1 aromatic carbocycles. The van der Waals surface area contributed by atoms with Crippen LogP contribution in [0.3, 0.4) is 0 Å². The summed E-state index contributed by atoms with van der Waals surface area (Å²) in [6.07, 6.45) is 7.40. The smallest absolute Gasteiger partial charge is 0.346 e. The maximum atomic E-state index is 12.8. The molecule has 0 unspecified atom stereocenters. The number of hydrogen-bond donors (Lipinski definition) is 1. The van der Waals surface area contributed by atoms with Crippen LogP contribution in [-0.2, 0) is 11.3 Å². The van der Waals surface area contributed by atoms with Gasteiger partial charge in [0.1, 0.15) is 5.75 Å². The molecule has 2 saturated carbocycles. The summed E-state index contributed by atoms with van der Waals surface area (Å²) in [6, 6.07) is 7.83. The van der Waals surface area contributed by atoms with Gasteiger partial charge in [0.05, 0.1) is 13.7 Å². The quantitative estimate of drug-likeness (QED) is 0.759. The average Bonchev–Trinajstić information content (AvgIpc) is 3.31. The molecule has 0 spiro atoms. The highest BCUT2D eigenvalue weighted by Gasteiger charge is 2.30. The molecule has 1 heterocycles. The van der Waals surface area contributed by atoms with E-state index < -0.39 is 0 Å². The Balaban J connectivity index is 1.44. The van der Waals surface area contributed by atoms with E-state index in [-0.39, 0.29) is 17.6 Å². The monoisotopic (exact) mass is 384 g/mol. The minimum Gasteiger partial charge on any atom is -0.497 e. The van der Waals surface area contributed by atoms with E-state index in [1.165, 1.54) is 17.5 Å². The second kappa shape index (κ2) is 8.20. The summed E-state index contributed by atoms with van der Waals surface area (Å²) in [7, 11) is 1.63. The van der Waals surface area contributed by atoms with Crippen LogP contribution >= 0.6 is 0 Å². The van der Waals surface area contributed by atoms with Crippen LogP contribution in [0.4, 0.5) is 0 Å². The number of aromatic nitrogens is 3. The molecular weight excluding hydrogens is 356 g/mol. The summed E-state index contributed by atoms with van der Waals surface area (Å²) >= 11 is 0. The summed E-state index contributed by atoms with van der Waals surface area (Å²) in [5.41, 5.74) is 0.798. The first-order valence-corrected chi connectivity index (χ1v) is 10.3. The minimum absolute atomic E-state index is 0.0805. The highest BCUT2D eigenvalue weighted by Crippen LogP contribution is 2.36. The van der Waals surface area contributed by atoms with Gasteiger partial charge >= 0.3 is 5.69 Å². The van der Waals surface area contributed by atoms with Gasteiger partial charge in [-0.1, -0.05) is 12.8 Å². The molecule has 0 atom stereocenters. The SMILES string of the molecule is COc1ccc(-c2nn(CCNC(=O)CC3CCCC3)c(=O)n2C2CC2)cc1. The van der Waals surface area contributed by atoms with Crippen molar-refractivity contribution >= 4 is 5.91 Å². The van der Waals surface area contributed by atoms with E-state index in [0.717, 1.165) is 37.0 Å². The summed E-state index contributed by atoms with van der Waals surface area (Å²) in [6.45, 7) is 0.813. The molecule has 2 fully saturated rings. The number of methoxy groups -OCH3 is 1. The Morgan fingerprint density at radius 3 is 2.54 bits per heavy atom. The molecule has 0 radical (unpaired) electrons. The van der Waals surface area contributed by atoms with Crippen molar-refractivity contribution in [3.05, 3.63) is 34.7 Å². The van der Waals surface area contributed by atoms with Gasteiger partial charge in [-0.2, -0.15) is 0 Å². The number of benzene rings is 1. The molecule has 4 rings (SSSR count). The summed E-state index contributed by atoms with van der Waals surface area (Å²) < 4.78 is 8.49. The van der Waals surface area contributed by atoms with Crippen molar-refractivity contribution in [2.24, 2.45) is 5.92 Å². The maximum absolute atomic E-state index is 12.8. The van der Waals surface area contributed by atoms with Crippen molar-refractivity contribution in [1.29, 1.82) is 0 Å². The van der Waals surface area contributed by atoms with E-state index >= 15 is 0 Å². The molecule has 150 valence electrons. The van der Waals surface area contributed by atoms with Gasteiger partial charge in [0.2, 0.25) is 5.91 Å². The molecule has 0 aliphatic heterocycles. The van der Waals surface area contributed by atoms with E-state index in [1.54, 1.807) is 11.7 Å². The molecule has 7 heteroatoms. The third-order valence-electron chi connectivity index (χ3n) is 5.73. The number of rotatable bonds is 8. The minimum atomic E-state index is -0.0987. The first-order chi connectivity index (χ1) is 13.7. The van der Waals surface area contributed by atoms with Crippen LogP contribution in [0.5, 0.6) is 5.75 Å². The first-order valence-electron chi connectivity index (χ1n) is 10.3. The van der Waals surface area contributed by atoms with Crippen molar-refractivity contribution in [3.63, 3.8) is 0 Å². The number of carbonyl (C=O) groups is 1. The van der Waals surface area contributed by atoms with Crippen LogP contribution in [0.25, 0.3) is 11.4 Å². The number of amides is 1. The molecule has 7 nitrogen and oxygen atoms in total. The molecule has 1 N–H and O–H groups in total. The maximum Gasteiger partial charge on any atom is 0.346 e. The molecule has 28 heavy (non-hydrogen) atoms. The Hall–Kier alpha value is -2.57. The Kier molecular flexibility index (Phi) is 5.50. The third kappa shape index (κ3) is 4.13. The highest BCUT2D eigenvalue weighted by atomic mass is 16.5. The highest BCUT2D eigenvalue weighted by molar-refractivity contribution is 5.76. The molecule has 1 amide bonds. The molecule has 2 aliphatic carbocycles. The standard InChI is InChI=1S/C21H28N4O3/c1-28-18-10-6-16(7-11-18)20-23-24(21(27)25(20)17-8-9-17)13-12-22-19(26)14-15-4-2-3-5-15/h6-7,10-11,15,17H,2-5,8-9,12-14H2,1H3,(H,22,26). The van der Waals surface area contributed by atoms with Crippen molar-refractivity contribution in [2.45, 2.75) is 57.5 Å². The second-order valence-corrected chi connectivity index (χ2v) is 7.86. The number of hydrogen-bond acceptors (Lipinski definition) is 4. The lowest BCUT2D eigenvalue weighted by molar-refractivity contribution is -0.122. The van der Waals surface area contributed by atoms with Crippen LogP contribution in [0.2, 0.25) is 0 Å². The lowest BCUT2D eigenvalue weighted by atomic mass is 10.0. The van der Waals surface area contributed by atoms with Gasteiger partial charge in [-0.15, -0.1) is 5.10 Å². The largest absolute Gasteiger partial charge is 0.497 e. The van der Waals surface area contributed by atoms with Gasteiger partial charge in [0.15, 0.2) is 5.82 Å². The fraction of sp³-hybridized carbons (Fsp3) is 0.571. The van der Waals surface area contributed by atoms with Crippen LogP contribution in [0, 0.1) is 5.92 Å². The second-order valence-electron chi connectivity index (χ2n) is 7.86. The van der Waals surface area contributed by atoms with Crippen LogP contribution in [0.1, 0.15) is 51.0 Å². The predicted molar refractivity (Wildman–Crippen MR) is 106 cm³/mol. The zero-order valence-electron chi connectivity index (χ0n) is 16.4. The Morgan fingerprint density at radius 2 is 1.89 bits per heavy atom. The normalized spacial score (nSPS) is 17.0.